The quantitative estimate of drug-likeness (QED) is 0.772. The molecule has 1 aliphatic heterocycles. The number of aromatic nitrogens is 1. The summed E-state index contributed by atoms with van der Waals surface area (Å²) < 4.78 is 51.7. The number of hydrogen-bond acceptors (Lipinski definition) is 5. The number of amides is 1. The number of hydrogen-bond donors (Lipinski definition) is 0. The van der Waals surface area contributed by atoms with Crippen LogP contribution in [0.5, 0.6) is 17.4 Å². The van der Waals surface area contributed by atoms with Crippen molar-refractivity contribution in [3.63, 3.8) is 0 Å². The Morgan fingerprint density at radius 2 is 1.79 bits per heavy atom. The van der Waals surface area contributed by atoms with Crippen LogP contribution < -0.4 is 14.2 Å². The lowest BCUT2D eigenvalue weighted by molar-refractivity contribution is -0.274. The van der Waals surface area contributed by atoms with Crippen molar-refractivity contribution in [3.8, 4) is 17.4 Å². The average molecular weight is 396 g/mol. The number of likely N-dealkylation sites (tertiary alicyclic amines) is 1. The molecule has 1 aromatic carbocycles. The molecule has 2 aromatic rings. The van der Waals surface area contributed by atoms with Crippen LogP contribution in [0.25, 0.3) is 0 Å². The molecule has 1 aromatic heterocycles. The summed E-state index contributed by atoms with van der Waals surface area (Å²) in [7, 11) is 1.48. The minimum atomic E-state index is -4.75. The lowest BCUT2D eigenvalue weighted by Crippen LogP contribution is -2.42. The number of carbonyl (C=O) groups excluding carboxylic acids is 1. The predicted molar refractivity (Wildman–Crippen MR) is 93.5 cm³/mol. The maximum atomic E-state index is 12.6. The molecule has 3 rings (SSSR count). The van der Waals surface area contributed by atoms with Crippen molar-refractivity contribution in [2.45, 2.75) is 25.3 Å². The van der Waals surface area contributed by atoms with Crippen molar-refractivity contribution < 1.29 is 32.2 Å². The van der Waals surface area contributed by atoms with Gasteiger partial charge in [0.15, 0.2) is 0 Å². The molecule has 9 heteroatoms. The van der Waals surface area contributed by atoms with E-state index in [1.807, 2.05) is 0 Å². The van der Waals surface area contributed by atoms with Crippen molar-refractivity contribution in [2.24, 2.45) is 0 Å². The Balaban J connectivity index is 1.55. The fraction of sp³-hybridized carbons (Fsp3) is 0.368. The summed E-state index contributed by atoms with van der Waals surface area (Å²) in [5.41, 5.74) is 0.302. The van der Waals surface area contributed by atoms with Crippen LogP contribution in [0.4, 0.5) is 13.2 Å². The van der Waals surface area contributed by atoms with Gasteiger partial charge in [-0.1, -0.05) is 12.1 Å². The summed E-state index contributed by atoms with van der Waals surface area (Å²) in [4.78, 5) is 18.4. The van der Waals surface area contributed by atoms with E-state index in [2.05, 4.69) is 9.72 Å². The second kappa shape index (κ2) is 8.37. The molecule has 1 fully saturated rings. The lowest BCUT2D eigenvalue weighted by atomic mass is 10.1. The smallest absolute Gasteiger partial charge is 0.490 e. The molecule has 0 saturated carbocycles. The van der Waals surface area contributed by atoms with Crippen molar-refractivity contribution >= 4 is 5.91 Å². The number of carbonyl (C=O) groups is 1. The summed E-state index contributed by atoms with van der Waals surface area (Å²) in [5.74, 6) is 0.130. The van der Waals surface area contributed by atoms with E-state index in [-0.39, 0.29) is 17.8 Å². The van der Waals surface area contributed by atoms with Gasteiger partial charge in [0, 0.05) is 38.1 Å². The van der Waals surface area contributed by atoms with E-state index < -0.39 is 6.36 Å². The van der Waals surface area contributed by atoms with E-state index in [0.29, 0.717) is 43.3 Å². The van der Waals surface area contributed by atoms with Crippen LogP contribution in [-0.2, 0) is 0 Å². The number of alkyl halides is 3. The third-order valence-corrected chi connectivity index (χ3v) is 4.22. The number of methoxy groups -OCH3 is 1. The maximum absolute atomic E-state index is 12.6. The minimum Gasteiger partial charge on any atom is -0.490 e. The highest BCUT2D eigenvalue weighted by Gasteiger charge is 2.31. The second-order valence-electron chi connectivity index (χ2n) is 6.20. The molecule has 0 N–H and O–H groups in total. The van der Waals surface area contributed by atoms with E-state index >= 15 is 0 Å². The molecular weight excluding hydrogens is 377 g/mol. The fourth-order valence-corrected chi connectivity index (χ4v) is 2.92. The summed E-state index contributed by atoms with van der Waals surface area (Å²) in [6.07, 6.45) is -3.85. The SMILES string of the molecule is COc1cccc(C(=O)N2CCC(Oc3cccc(OC(F)(F)F)c3)CC2)n1. The molecule has 0 bridgehead atoms. The van der Waals surface area contributed by atoms with E-state index in [4.69, 9.17) is 9.47 Å². The number of piperidine rings is 1. The monoisotopic (exact) mass is 396 g/mol. The largest absolute Gasteiger partial charge is 0.573 e. The van der Waals surface area contributed by atoms with Crippen molar-refractivity contribution in [3.05, 3.63) is 48.2 Å². The van der Waals surface area contributed by atoms with E-state index in [1.165, 1.54) is 25.3 Å². The van der Waals surface area contributed by atoms with Crippen LogP contribution in [-0.4, -0.2) is 48.5 Å². The number of halogens is 3. The lowest BCUT2D eigenvalue weighted by Gasteiger charge is -2.32. The highest BCUT2D eigenvalue weighted by Crippen LogP contribution is 2.28. The van der Waals surface area contributed by atoms with E-state index in [9.17, 15) is 18.0 Å². The zero-order valence-corrected chi connectivity index (χ0v) is 15.1. The van der Waals surface area contributed by atoms with Crippen molar-refractivity contribution in [1.82, 2.24) is 9.88 Å². The van der Waals surface area contributed by atoms with Crippen LogP contribution in [0.15, 0.2) is 42.5 Å². The third-order valence-electron chi connectivity index (χ3n) is 4.22. The molecule has 1 aliphatic rings. The Morgan fingerprint density at radius 3 is 2.46 bits per heavy atom. The number of rotatable bonds is 5. The first kappa shape index (κ1) is 19.8. The standard InChI is InChI=1S/C19H19F3N2O4/c1-26-17-7-3-6-16(23-17)18(25)24-10-8-13(9-11-24)27-14-4-2-5-15(12-14)28-19(20,21)22/h2-7,12-13H,8-11H2,1H3. The minimum absolute atomic E-state index is 0.196. The van der Waals surface area contributed by atoms with Crippen molar-refractivity contribution in [2.75, 3.05) is 20.2 Å². The normalized spacial score (nSPS) is 15.2. The van der Waals surface area contributed by atoms with Gasteiger partial charge in [0.25, 0.3) is 5.91 Å². The number of benzene rings is 1. The Hall–Kier alpha value is -2.97. The van der Waals surface area contributed by atoms with Gasteiger partial charge in [0.2, 0.25) is 5.88 Å². The molecule has 0 aliphatic carbocycles. The molecule has 0 unspecified atom stereocenters. The first-order valence-corrected chi connectivity index (χ1v) is 8.67. The Bertz CT molecular complexity index is 821. The Morgan fingerprint density at radius 1 is 1.11 bits per heavy atom. The first-order chi connectivity index (χ1) is 13.3. The van der Waals surface area contributed by atoms with E-state index in [1.54, 1.807) is 29.2 Å². The molecule has 1 amide bonds. The van der Waals surface area contributed by atoms with Crippen LogP contribution in [0, 0.1) is 0 Å². The fourth-order valence-electron chi connectivity index (χ4n) is 2.92. The van der Waals surface area contributed by atoms with Crippen molar-refractivity contribution in [1.29, 1.82) is 0 Å². The molecular formula is C19H19F3N2O4. The van der Waals surface area contributed by atoms with Gasteiger partial charge in [0.05, 0.1) is 7.11 Å². The third kappa shape index (κ3) is 5.28. The van der Waals surface area contributed by atoms with Gasteiger partial charge < -0.3 is 19.1 Å². The second-order valence-corrected chi connectivity index (χ2v) is 6.20. The summed E-state index contributed by atoms with van der Waals surface area (Å²) in [5, 5.41) is 0. The topological polar surface area (TPSA) is 60.9 Å². The Kier molecular flexibility index (Phi) is 5.91. The summed E-state index contributed by atoms with van der Waals surface area (Å²) in [6, 6.07) is 10.4. The predicted octanol–water partition coefficient (Wildman–Crippen LogP) is 3.67. The van der Waals surface area contributed by atoms with Gasteiger partial charge in [-0.05, 0) is 18.2 Å². The van der Waals surface area contributed by atoms with Crippen LogP contribution >= 0.6 is 0 Å². The molecule has 1 saturated heterocycles. The highest BCUT2D eigenvalue weighted by molar-refractivity contribution is 5.92. The number of ether oxygens (including phenoxy) is 3. The molecule has 6 nitrogen and oxygen atoms in total. The van der Waals surface area contributed by atoms with Gasteiger partial charge in [-0.15, -0.1) is 13.2 Å². The number of nitrogens with zero attached hydrogens (tertiary/aromatic N) is 2. The molecule has 0 radical (unpaired) electrons. The zero-order chi connectivity index (χ0) is 20.1. The van der Waals surface area contributed by atoms with Gasteiger partial charge in [0.1, 0.15) is 23.3 Å². The zero-order valence-electron chi connectivity index (χ0n) is 15.1. The van der Waals surface area contributed by atoms with E-state index in [0.717, 1.165) is 0 Å². The molecule has 150 valence electrons. The average Bonchev–Trinajstić information content (AvgIpc) is 2.67. The van der Waals surface area contributed by atoms with Crippen LogP contribution in [0.1, 0.15) is 23.3 Å². The molecule has 0 atom stereocenters. The van der Waals surface area contributed by atoms with Crippen LogP contribution in [0.3, 0.4) is 0 Å². The summed E-state index contributed by atoms with van der Waals surface area (Å²) >= 11 is 0. The molecule has 0 spiro atoms. The number of pyridine rings is 1. The Labute approximate surface area is 159 Å². The van der Waals surface area contributed by atoms with Crippen LogP contribution in [0.2, 0.25) is 0 Å². The maximum Gasteiger partial charge on any atom is 0.573 e. The van der Waals surface area contributed by atoms with Gasteiger partial charge >= 0.3 is 6.36 Å². The van der Waals surface area contributed by atoms with Gasteiger partial charge in [-0.3, -0.25) is 4.79 Å². The summed E-state index contributed by atoms with van der Waals surface area (Å²) in [6.45, 7) is 0.919. The van der Waals surface area contributed by atoms with Gasteiger partial charge in [-0.25, -0.2) is 4.98 Å². The first-order valence-electron chi connectivity index (χ1n) is 8.67. The molecule has 2 heterocycles. The molecule has 28 heavy (non-hydrogen) atoms. The highest BCUT2D eigenvalue weighted by atomic mass is 19.4. The van der Waals surface area contributed by atoms with Gasteiger partial charge in [-0.2, -0.15) is 0 Å².